The molecule has 2 aliphatic rings. The molecule has 0 aromatic heterocycles. The van der Waals surface area contributed by atoms with Gasteiger partial charge in [-0.1, -0.05) is 38.1 Å². The monoisotopic (exact) mass is 488 g/mol. The van der Waals surface area contributed by atoms with E-state index in [2.05, 4.69) is 5.32 Å². The van der Waals surface area contributed by atoms with E-state index in [1.54, 1.807) is 7.11 Å². The average molecular weight is 489 g/mol. The molecular weight excluding hydrogens is 452 g/mol. The van der Waals surface area contributed by atoms with Gasteiger partial charge in [-0.05, 0) is 60.6 Å². The zero-order chi connectivity index (χ0) is 26.0. The number of esters is 1. The minimum Gasteiger partial charge on any atom is -0.497 e. The summed E-state index contributed by atoms with van der Waals surface area (Å²) < 4.78 is 11.0. The Morgan fingerprint density at radius 1 is 1.03 bits per heavy atom. The number of allylic oxidation sites excluding steroid dienone is 3. The number of rotatable bonds is 7. The summed E-state index contributed by atoms with van der Waals surface area (Å²) in [4.78, 5) is 29.1. The lowest BCUT2D eigenvalue weighted by Gasteiger charge is -2.37. The van der Waals surface area contributed by atoms with E-state index in [0.29, 0.717) is 30.6 Å². The maximum absolute atomic E-state index is 13.7. The Kier molecular flexibility index (Phi) is 7.53. The Bertz CT molecular complexity index is 1190. The van der Waals surface area contributed by atoms with Crippen molar-refractivity contribution >= 4 is 17.4 Å². The smallest absolute Gasteiger partial charge is 0.336 e. The fourth-order valence-electron chi connectivity index (χ4n) is 5.04. The largest absolute Gasteiger partial charge is 0.497 e. The van der Waals surface area contributed by atoms with E-state index in [4.69, 9.17) is 9.47 Å². The van der Waals surface area contributed by atoms with Crippen LogP contribution in [0, 0.1) is 5.92 Å². The summed E-state index contributed by atoms with van der Waals surface area (Å²) in [7, 11) is 5.62. The maximum atomic E-state index is 13.7. The highest BCUT2D eigenvalue weighted by Gasteiger charge is 2.41. The lowest BCUT2D eigenvalue weighted by Crippen LogP contribution is -2.36. The molecular formula is C30H36N2O4. The van der Waals surface area contributed by atoms with Gasteiger partial charge < -0.3 is 19.7 Å². The van der Waals surface area contributed by atoms with E-state index in [1.165, 1.54) is 0 Å². The molecule has 0 saturated heterocycles. The topological polar surface area (TPSA) is 67.9 Å². The van der Waals surface area contributed by atoms with Gasteiger partial charge in [0.25, 0.3) is 0 Å². The zero-order valence-electron chi connectivity index (χ0n) is 22.1. The van der Waals surface area contributed by atoms with E-state index in [9.17, 15) is 9.59 Å². The highest BCUT2D eigenvalue weighted by molar-refractivity contribution is 6.04. The second kappa shape index (κ2) is 10.6. The van der Waals surface area contributed by atoms with Gasteiger partial charge in [0, 0.05) is 49.1 Å². The van der Waals surface area contributed by atoms with Crippen LogP contribution in [0.5, 0.6) is 5.75 Å². The van der Waals surface area contributed by atoms with Crippen LogP contribution in [0.4, 0.5) is 5.69 Å². The predicted molar refractivity (Wildman–Crippen MR) is 142 cm³/mol. The summed E-state index contributed by atoms with van der Waals surface area (Å²) >= 11 is 0. The van der Waals surface area contributed by atoms with Crippen LogP contribution in [0.1, 0.15) is 56.6 Å². The minimum atomic E-state index is -0.457. The molecule has 2 aromatic rings. The number of ether oxygens (including phenoxy) is 2. The summed E-state index contributed by atoms with van der Waals surface area (Å²) in [6.45, 7) is 6.26. The number of dihydropyridines is 1. The highest BCUT2D eigenvalue weighted by atomic mass is 16.5. The van der Waals surface area contributed by atoms with Crippen LogP contribution in [-0.4, -0.2) is 39.6 Å². The summed E-state index contributed by atoms with van der Waals surface area (Å²) in [5.41, 5.74) is 5.91. The fourth-order valence-corrected chi connectivity index (χ4v) is 5.04. The number of hydrogen-bond acceptors (Lipinski definition) is 6. The Balaban J connectivity index is 1.74. The molecule has 2 atom stereocenters. The molecule has 1 aliphatic carbocycles. The van der Waals surface area contributed by atoms with Crippen LogP contribution in [0.3, 0.4) is 0 Å². The Morgan fingerprint density at radius 3 is 2.25 bits per heavy atom. The molecule has 0 amide bonds. The van der Waals surface area contributed by atoms with Gasteiger partial charge in [0.05, 0.1) is 19.3 Å². The van der Waals surface area contributed by atoms with Gasteiger partial charge in [0.15, 0.2) is 5.78 Å². The molecule has 2 aromatic carbocycles. The SMILES string of the molecule is COc1ccc([C@H]2CC(=O)C3=C(C2)NC(C)=C(C(=O)OCC(C)C)[C@H]3c2ccc(N(C)C)cc2)cc1. The van der Waals surface area contributed by atoms with E-state index in [0.717, 1.165) is 34.0 Å². The number of nitrogens with zero attached hydrogens (tertiary/aromatic N) is 1. The second-order valence-electron chi connectivity index (χ2n) is 10.3. The summed E-state index contributed by atoms with van der Waals surface area (Å²) in [5.74, 6) is 0.316. The number of nitrogens with one attached hydrogen (secondary N) is 1. The predicted octanol–water partition coefficient (Wildman–Crippen LogP) is 5.32. The number of anilines is 1. The maximum Gasteiger partial charge on any atom is 0.336 e. The van der Waals surface area contributed by atoms with Crippen molar-refractivity contribution in [1.29, 1.82) is 0 Å². The molecule has 0 bridgehead atoms. The van der Waals surface area contributed by atoms with Crippen LogP contribution in [-0.2, 0) is 14.3 Å². The molecule has 6 heteroatoms. The van der Waals surface area contributed by atoms with E-state index >= 15 is 0 Å². The van der Waals surface area contributed by atoms with Crippen molar-refractivity contribution in [3.05, 3.63) is 82.2 Å². The molecule has 0 radical (unpaired) electrons. The van der Waals surface area contributed by atoms with E-state index in [1.807, 2.05) is 88.3 Å². The van der Waals surface area contributed by atoms with Crippen LogP contribution in [0.15, 0.2) is 71.1 Å². The summed E-state index contributed by atoms with van der Waals surface area (Å²) in [5, 5.41) is 3.42. The first-order valence-corrected chi connectivity index (χ1v) is 12.5. The first-order valence-electron chi connectivity index (χ1n) is 12.5. The van der Waals surface area contributed by atoms with Crippen LogP contribution < -0.4 is 15.0 Å². The molecule has 0 fully saturated rings. The third-order valence-corrected chi connectivity index (χ3v) is 6.93. The lowest BCUT2D eigenvalue weighted by atomic mass is 9.71. The molecule has 36 heavy (non-hydrogen) atoms. The number of Topliss-reactive ketones (excluding diaryl/α,β-unsaturated/α-hetero) is 1. The Morgan fingerprint density at radius 2 is 1.67 bits per heavy atom. The van der Waals surface area contributed by atoms with Gasteiger partial charge in [-0.2, -0.15) is 0 Å². The standard InChI is InChI=1S/C30H36N2O4/c1-18(2)17-36-30(34)27-19(3)31-25-15-22(20-9-13-24(35-6)14-10-20)16-26(33)29(25)28(27)21-7-11-23(12-8-21)32(4)5/h7-14,18,22,28,31H,15-17H2,1-6H3/t22-,28-/m1/s1. The minimum absolute atomic E-state index is 0.0629. The van der Waals surface area contributed by atoms with Crippen molar-refractivity contribution < 1.29 is 19.1 Å². The fraction of sp³-hybridized carbons (Fsp3) is 0.400. The van der Waals surface area contributed by atoms with Crippen LogP contribution >= 0.6 is 0 Å². The quantitative estimate of drug-likeness (QED) is 0.532. The number of carbonyl (C=O) groups is 2. The first-order chi connectivity index (χ1) is 17.2. The Labute approximate surface area is 214 Å². The van der Waals surface area contributed by atoms with E-state index in [-0.39, 0.29) is 23.6 Å². The molecule has 190 valence electrons. The Hall–Kier alpha value is -3.54. The van der Waals surface area contributed by atoms with Crippen molar-refractivity contribution in [2.75, 3.05) is 32.7 Å². The molecule has 1 heterocycles. The number of carbonyl (C=O) groups excluding carboxylic acids is 2. The molecule has 0 saturated carbocycles. The molecule has 4 rings (SSSR count). The van der Waals surface area contributed by atoms with Gasteiger partial charge in [-0.25, -0.2) is 4.79 Å². The summed E-state index contributed by atoms with van der Waals surface area (Å²) in [6, 6.07) is 16.0. The molecule has 0 spiro atoms. The van der Waals surface area contributed by atoms with Crippen LogP contribution in [0.2, 0.25) is 0 Å². The normalized spacial score (nSPS) is 19.7. The lowest BCUT2D eigenvalue weighted by molar-refractivity contribution is -0.140. The third kappa shape index (κ3) is 5.18. The summed E-state index contributed by atoms with van der Waals surface area (Å²) in [6.07, 6.45) is 1.10. The number of methoxy groups -OCH3 is 1. The van der Waals surface area contributed by atoms with Crippen molar-refractivity contribution in [3.8, 4) is 5.75 Å². The van der Waals surface area contributed by atoms with Gasteiger partial charge in [0.1, 0.15) is 5.75 Å². The van der Waals surface area contributed by atoms with Gasteiger partial charge >= 0.3 is 5.97 Å². The molecule has 0 unspecified atom stereocenters. The number of hydrogen-bond donors (Lipinski definition) is 1. The second-order valence-corrected chi connectivity index (χ2v) is 10.3. The third-order valence-electron chi connectivity index (χ3n) is 6.93. The number of benzene rings is 2. The highest BCUT2D eigenvalue weighted by Crippen LogP contribution is 2.46. The van der Waals surface area contributed by atoms with Crippen LogP contribution in [0.25, 0.3) is 0 Å². The van der Waals surface area contributed by atoms with Crippen molar-refractivity contribution in [2.24, 2.45) is 5.92 Å². The molecule has 1 aliphatic heterocycles. The molecule has 1 N–H and O–H groups in total. The van der Waals surface area contributed by atoms with E-state index < -0.39 is 5.92 Å². The van der Waals surface area contributed by atoms with Gasteiger partial charge in [0.2, 0.25) is 0 Å². The van der Waals surface area contributed by atoms with Crippen molar-refractivity contribution in [2.45, 2.75) is 45.4 Å². The van der Waals surface area contributed by atoms with Gasteiger partial charge in [-0.3, -0.25) is 4.79 Å². The first kappa shape index (κ1) is 25.5. The molecule has 6 nitrogen and oxygen atoms in total. The van der Waals surface area contributed by atoms with Crippen molar-refractivity contribution in [3.63, 3.8) is 0 Å². The average Bonchev–Trinajstić information content (AvgIpc) is 2.86. The van der Waals surface area contributed by atoms with Gasteiger partial charge in [-0.15, -0.1) is 0 Å². The van der Waals surface area contributed by atoms with Crippen molar-refractivity contribution in [1.82, 2.24) is 5.32 Å². The number of ketones is 1. The zero-order valence-corrected chi connectivity index (χ0v) is 22.1.